The standard InChI is InChI=1S/C17H18N2O/c1-13-7-5-11-18-16(13)15-10-6-12-19(15)17(20)14-8-3-2-4-9-14/h2-5,7-9,11,15H,6,10,12H2,1H3. The second kappa shape index (κ2) is 5.45. The smallest absolute Gasteiger partial charge is 0.254 e. The van der Waals surface area contributed by atoms with E-state index in [1.165, 1.54) is 0 Å². The molecule has 0 radical (unpaired) electrons. The van der Waals surface area contributed by atoms with Crippen LogP contribution in [0.1, 0.15) is 40.5 Å². The molecule has 2 heterocycles. The lowest BCUT2D eigenvalue weighted by atomic mass is 10.1. The molecule has 0 spiro atoms. The Morgan fingerprint density at radius 3 is 2.75 bits per heavy atom. The Hall–Kier alpha value is -2.16. The maximum atomic E-state index is 12.6. The van der Waals surface area contributed by atoms with Crippen LogP contribution in [0.2, 0.25) is 0 Å². The summed E-state index contributed by atoms with van der Waals surface area (Å²) >= 11 is 0. The second-order valence-electron chi connectivity index (χ2n) is 5.23. The number of aryl methyl sites for hydroxylation is 1. The zero-order chi connectivity index (χ0) is 13.9. The maximum Gasteiger partial charge on any atom is 0.254 e. The Morgan fingerprint density at radius 1 is 1.20 bits per heavy atom. The number of carbonyl (C=O) groups is 1. The van der Waals surface area contributed by atoms with Gasteiger partial charge in [-0.05, 0) is 43.5 Å². The van der Waals surface area contributed by atoms with Gasteiger partial charge in [0.15, 0.2) is 0 Å². The molecule has 2 aromatic rings. The number of hydrogen-bond acceptors (Lipinski definition) is 2. The lowest BCUT2D eigenvalue weighted by molar-refractivity contribution is 0.0732. The zero-order valence-corrected chi connectivity index (χ0v) is 11.6. The number of benzene rings is 1. The Morgan fingerprint density at radius 2 is 2.00 bits per heavy atom. The van der Waals surface area contributed by atoms with E-state index < -0.39 is 0 Å². The highest BCUT2D eigenvalue weighted by Gasteiger charge is 2.32. The van der Waals surface area contributed by atoms with Gasteiger partial charge in [0.05, 0.1) is 11.7 Å². The van der Waals surface area contributed by atoms with Crippen LogP contribution >= 0.6 is 0 Å². The SMILES string of the molecule is Cc1cccnc1C1CCCN1C(=O)c1ccccc1. The number of carbonyl (C=O) groups excluding carboxylic acids is 1. The van der Waals surface area contributed by atoms with Gasteiger partial charge in [0, 0.05) is 18.3 Å². The summed E-state index contributed by atoms with van der Waals surface area (Å²) in [5.41, 5.74) is 2.95. The molecule has 1 aromatic carbocycles. The van der Waals surface area contributed by atoms with Crippen LogP contribution in [0.25, 0.3) is 0 Å². The number of pyridine rings is 1. The predicted octanol–water partition coefficient (Wildman–Crippen LogP) is 3.37. The molecule has 3 heteroatoms. The van der Waals surface area contributed by atoms with Crippen molar-refractivity contribution in [2.45, 2.75) is 25.8 Å². The number of nitrogens with zero attached hydrogens (tertiary/aromatic N) is 2. The fraction of sp³-hybridized carbons (Fsp3) is 0.294. The Kier molecular flexibility index (Phi) is 3.50. The Balaban J connectivity index is 1.90. The third kappa shape index (κ3) is 2.31. The molecule has 0 saturated carbocycles. The monoisotopic (exact) mass is 266 g/mol. The summed E-state index contributed by atoms with van der Waals surface area (Å²) in [4.78, 5) is 19.1. The molecular weight excluding hydrogens is 248 g/mol. The van der Waals surface area contributed by atoms with E-state index in [2.05, 4.69) is 18.0 Å². The van der Waals surface area contributed by atoms with E-state index in [0.29, 0.717) is 0 Å². The van der Waals surface area contributed by atoms with Crippen LogP contribution in [-0.2, 0) is 0 Å². The van der Waals surface area contributed by atoms with E-state index in [1.54, 1.807) is 0 Å². The average Bonchev–Trinajstić information content (AvgIpc) is 2.97. The predicted molar refractivity (Wildman–Crippen MR) is 78.4 cm³/mol. The number of aromatic nitrogens is 1. The van der Waals surface area contributed by atoms with Gasteiger partial charge < -0.3 is 4.90 Å². The summed E-state index contributed by atoms with van der Waals surface area (Å²) in [7, 11) is 0. The van der Waals surface area contributed by atoms with Crippen molar-refractivity contribution in [2.24, 2.45) is 0 Å². The van der Waals surface area contributed by atoms with E-state index >= 15 is 0 Å². The normalized spacial score (nSPS) is 18.2. The molecule has 0 bridgehead atoms. The zero-order valence-electron chi connectivity index (χ0n) is 11.6. The first-order valence-electron chi connectivity index (χ1n) is 7.05. The van der Waals surface area contributed by atoms with Crippen molar-refractivity contribution in [3.63, 3.8) is 0 Å². The molecule has 1 unspecified atom stereocenters. The first kappa shape index (κ1) is 12.9. The van der Waals surface area contributed by atoms with Gasteiger partial charge in [-0.3, -0.25) is 9.78 Å². The number of rotatable bonds is 2. The Bertz CT molecular complexity index is 609. The highest BCUT2D eigenvalue weighted by atomic mass is 16.2. The molecule has 1 aliphatic rings. The molecule has 102 valence electrons. The fourth-order valence-corrected chi connectivity index (χ4v) is 2.89. The average molecular weight is 266 g/mol. The van der Waals surface area contributed by atoms with Crippen molar-refractivity contribution >= 4 is 5.91 Å². The van der Waals surface area contributed by atoms with Crippen LogP contribution in [-0.4, -0.2) is 22.3 Å². The molecule has 1 fully saturated rings. The highest BCUT2D eigenvalue weighted by Crippen LogP contribution is 2.33. The molecule has 1 saturated heterocycles. The van der Waals surface area contributed by atoms with Crippen LogP contribution in [0, 0.1) is 6.92 Å². The van der Waals surface area contributed by atoms with E-state index in [1.807, 2.05) is 47.5 Å². The topological polar surface area (TPSA) is 33.2 Å². The van der Waals surface area contributed by atoms with Crippen LogP contribution in [0.4, 0.5) is 0 Å². The second-order valence-corrected chi connectivity index (χ2v) is 5.23. The number of likely N-dealkylation sites (tertiary alicyclic amines) is 1. The van der Waals surface area contributed by atoms with E-state index in [9.17, 15) is 4.79 Å². The summed E-state index contributed by atoms with van der Waals surface area (Å²) < 4.78 is 0. The molecule has 0 N–H and O–H groups in total. The van der Waals surface area contributed by atoms with E-state index in [0.717, 1.165) is 36.2 Å². The first-order chi connectivity index (χ1) is 9.77. The minimum Gasteiger partial charge on any atom is -0.330 e. The van der Waals surface area contributed by atoms with Crippen molar-refractivity contribution in [1.29, 1.82) is 0 Å². The molecule has 20 heavy (non-hydrogen) atoms. The van der Waals surface area contributed by atoms with E-state index in [-0.39, 0.29) is 11.9 Å². The van der Waals surface area contributed by atoms with E-state index in [4.69, 9.17) is 0 Å². The minimum atomic E-state index is 0.109. The third-order valence-electron chi connectivity index (χ3n) is 3.90. The number of hydrogen-bond donors (Lipinski definition) is 0. The fourth-order valence-electron chi connectivity index (χ4n) is 2.89. The molecule has 3 nitrogen and oxygen atoms in total. The van der Waals surface area contributed by atoms with Crippen molar-refractivity contribution in [2.75, 3.05) is 6.54 Å². The molecule has 1 amide bonds. The summed E-state index contributed by atoms with van der Waals surface area (Å²) in [5, 5.41) is 0. The van der Waals surface area contributed by atoms with Gasteiger partial charge in [-0.1, -0.05) is 24.3 Å². The molecular formula is C17H18N2O. The minimum absolute atomic E-state index is 0.109. The van der Waals surface area contributed by atoms with Crippen molar-refractivity contribution < 1.29 is 4.79 Å². The Labute approximate surface area is 119 Å². The number of amides is 1. The van der Waals surface area contributed by atoms with Gasteiger partial charge in [-0.15, -0.1) is 0 Å². The van der Waals surface area contributed by atoms with Gasteiger partial charge in [0.25, 0.3) is 5.91 Å². The van der Waals surface area contributed by atoms with Crippen LogP contribution in [0.15, 0.2) is 48.7 Å². The molecule has 3 rings (SSSR count). The third-order valence-corrected chi connectivity index (χ3v) is 3.90. The lowest BCUT2D eigenvalue weighted by Crippen LogP contribution is -2.31. The summed E-state index contributed by atoms with van der Waals surface area (Å²) in [5.74, 6) is 0.109. The van der Waals surface area contributed by atoms with Crippen molar-refractivity contribution in [1.82, 2.24) is 9.88 Å². The first-order valence-corrected chi connectivity index (χ1v) is 7.05. The van der Waals surface area contributed by atoms with Gasteiger partial charge in [-0.25, -0.2) is 0 Å². The summed E-state index contributed by atoms with van der Waals surface area (Å²) in [6.45, 7) is 2.88. The van der Waals surface area contributed by atoms with Crippen LogP contribution in [0.5, 0.6) is 0 Å². The largest absolute Gasteiger partial charge is 0.330 e. The summed E-state index contributed by atoms with van der Waals surface area (Å²) in [6, 6.07) is 13.6. The van der Waals surface area contributed by atoms with Gasteiger partial charge >= 0.3 is 0 Å². The van der Waals surface area contributed by atoms with Crippen LogP contribution in [0.3, 0.4) is 0 Å². The molecule has 1 atom stereocenters. The highest BCUT2D eigenvalue weighted by molar-refractivity contribution is 5.94. The molecule has 1 aliphatic heterocycles. The van der Waals surface area contributed by atoms with Gasteiger partial charge in [0.1, 0.15) is 0 Å². The van der Waals surface area contributed by atoms with Crippen molar-refractivity contribution in [3.05, 3.63) is 65.5 Å². The lowest BCUT2D eigenvalue weighted by Gasteiger charge is -2.25. The molecule has 1 aromatic heterocycles. The van der Waals surface area contributed by atoms with Gasteiger partial charge in [-0.2, -0.15) is 0 Å². The van der Waals surface area contributed by atoms with Crippen molar-refractivity contribution in [3.8, 4) is 0 Å². The quantitative estimate of drug-likeness (QED) is 0.835. The molecule has 0 aliphatic carbocycles. The van der Waals surface area contributed by atoms with Gasteiger partial charge in [0.2, 0.25) is 0 Å². The van der Waals surface area contributed by atoms with Crippen LogP contribution < -0.4 is 0 Å². The summed E-state index contributed by atoms with van der Waals surface area (Å²) in [6.07, 6.45) is 3.85. The maximum absolute atomic E-state index is 12.6.